The van der Waals surface area contributed by atoms with Crippen LogP contribution in [0.2, 0.25) is 0 Å². The van der Waals surface area contributed by atoms with E-state index < -0.39 is 0 Å². The Hall–Kier alpha value is -5.08. The zero-order valence-corrected chi connectivity index (χ0v) is 21.7. The number of benzene rings is 6. The fourth-order valence-electron chi connectivity index (χ4n) is 6.20. The van der Waals surface area contributed by atoms with Gasteiger partial charge in [-0.3, -0.25) is 0 Å². The molecule has 8 aromatic rings. The van der Waals surface area contributed by atoms with Crippen molar-refractivity contribution in [2.24, 2.45) is 7.05 Å². The normalized spacial score (nSPS) is 11.7. The largest absolute Gasteiger partial charge is 0.344 e. The minimum absolute atomic E-state index is 1.17. The Kier molecular flexibility index (Phi) is 4.77. The van der Waals surface area contributed by atoms with E-state index in [2.05, 4.69) is 156 Å². The van der Waals surface area contributed by atoms with E-state index in [9.17, 15) is 0 Å². The first-order valence-electron chi connectivity index (χ1n) is 13.4. The number of hydrogen-bond acceptors (Lipinski definition) is 0. The fourth-order valence-corrected chi connectivity index (χ4v) is 6.20. The third kappa shape index (κ3) is 3.35. The topological polar surface area (TPSA) is 9.86 Å². The van der Waals surface area contributed by atoms with Crippen molar-refractivity contribution in [1.82, 2.24) is 9.13 Å². The second-order valence-corrected chi connectivity index (χ2v) is 10.3. The molecule has 2 heterocycles. The maximum absolute atomic E-state index is 2.39. The SMILES string of the molecule is Cn1c2ccccc2c2ccc(-c3ccc4c(c3)c3ccccc3n4-c3ccc(-c4ccccc4)cc3)cc21. The van der Waals surface area contributed by atoms with Crippen LogP contribution < -0.4 is 0 Å². The Balaban J connectivity index is 1.29. The van der Waals surface area contributed by atoms with Crippen molar-refractivity contribution in [3.63, 3.8) is 0 Å². The van der Waals surface area contributed by atoms with Gasteiger partial charge in [-0.15, -0.1) is 0 Å². The molecule has 0 saturated carbocycles. The summed E-state index contributed by atoms with van der Waals surface area (Å²) < 4.78 is 4.69. The highest BCUT2D eigenvalue weighted by Gasteiger charge is 2.14. The average Bonchev–Trinajstić information content (AvgIpc) is 3.49. The van der Waals surface area contributed by atoms with E-state index in [-0.39, 0.29) is 0 Å². The maximum Gasteiger partial charge on any atom is 0.0541 e. The molecular formula is C37H26N2. The number of aromatic nitrogens is 2. The second kappa shape index (κ2) is 8.47. The Labute approximate surface area is 227 Å². The van der Waals surface area contributed by atoms with E-state index in [1.54, 1.807) is 0 Å². The van der Waals surface area contributed by atoms with Gasteiger partial charge in [0.05, 0.1) is 11.0 Å². The van der Waals surface area contributed by atoms with E-state index in [0.29, 0.717) is 0 Å². The van der Waals surface area contributed by atoms with Crippen molar-refractivity contribution in [1.29, 1.82) is 0 Å². The standard InChI is InChI=1S/C37H26N2/c1-38-34-13-7-5-11-30(34)32-21-17-28(24-37(32)38)27-18-22-36-33(23-27)31-12-6-8-14-35(31)39(36)29-19-15-26(16-20-29)25-9-3-2-4-10-25/h2-24H,1H3. The summed E-state index contributed by atoms with van der Waals surface area (Å²) in [5.41, 5.74) is 11.1. The molecule has 0 spiro atoms. The third-order valence-corrected chi connectivity index (χ3v) is 8.15. The van der Waals surface area contributed by atoms with Gasteiger partial charge >= 0.3 is 0 Å². The summed E-state index contributed by atoms with van der Waals surface area (Å²) in [6.45, 7) is 0. The minimum atomic E-state index is 1.17. The molecule has 39 heavy (non-hydrogen) atoms. The molecule has 2 nitrogen and oxygen atoms in total. The van der Waals surface area contributed by atoms with E-state index >= 15 is 0 Å². The summed E-state index contributed by atoms with van der Waals surface area (Å²) in [5, 5.41) is 5.14. The molecule has 0 amide bonds. The van der Waals surface area contributed by atoms with Crippen molar-refractivity contribution in [2.75, 3.05) is 0 Å². The van der Waals surface area contributed by atoms with Crippen molar-refractivity contribution in [3.8, 4) is 27.9 Å². The van der Waals surface area contributed by atoms with Crippen molar-refractivity contribution in [2.45, 2.75) is 0 Å². The highest BCUT2D eigenvalue weighted by molar-refractivity contribution is 6.11. The molecule has 0 aliphatic rings. The maximum atomic E-state index is 2.39. The summed E-state index contributed by atoms with van der Waals surface area (Å²) in [5.74, 6) is 0. The monoisotopic (exact) mass is 498 g/mol. The molecule has 8 rings (SSSR count). The molecule has 0 aliphatic heterocycles. The van der Waals surface area contributed by atoms with Crippen LogP contribution in [0.25, 0.3) is 71.6 Å². The number of rotatable bonds is 3. The zero-order chi connectivity index (χ0) is 25.9. The fraction of sp³-hybridized carbons (Fsp3) is 0.0270. The molecule has 0 fully saturated rings. The molecule has 0 saturated heterocycles. The van der Waals surface area contributed by atoms with Gasteiger partial charge in [-0.2, -0.15) is 0 Å². The lowest BCUT2D eigenvalue weighted by Crippen LogP contribution is -1.93. The van der Waals surface area contributed by atoms with Crippen LogP contribution in [0.3, 0.4) is 0 Å². The van der Waals surface area contributed by atoms with E-state index in [1.807, 2.05) is 0 Å². The van der Waals surface area contributed by atoms with E-state index in [4.69, 9.17) is 0 Å². The van der Waals surface area contributed by atoms with Gasteiger partial charge in [-0.1, -0.05) is 97.1 Å². The summed E-state index contributed by atoms with van der Waals surface area (Å²) >= 11 is 0. The first kappa shape index (κ1) is 22.0. The van der Waals surface area contributed by atoms with E-state index in [1.165, 1.54) is 71.6 Å². The summed E-state index contributed by atoms with van der Waals surface area (Å²) in [4.78, 5) is 0. The van der Waals surface area contributed by atoms with Crippen LogP contribution in [0, 0.1) is 0 Å². The molecule has 184 valence electrons. The molecule has 2 aromatic heterocycles. The number of aryl methyl sites for hydroxylation is 1. The molecule has 0 radical (unpaired) electrons. The van der Waals surface area contributed by atoms with Gasteiger partial charge in [0.25, 0.3) is 0 Å². The first-order chi connectivity index (χ1) is 19.3. The van der Waals surface area contributed by atoms with Gasteiger partial charge < -0.3 is 9.13 Å². The van der Waals surface area contributed by atoms with Crippen molar-refractivity contribution in [3.05, 3.63) is 140 Å². The minimum Gasteiger partial charge on any atom is -0.344 e. The Morgan fingerprint density at radius 3 is 1.69 bits per heavy atom. The third-order valence-electron chi connectivity index (χ3n) is 8.15. The van der Waals surface area contributed by atoms with Crippen LogP contribution in [-0.2, 0) is 7.05 Å². The van der Waals surface area contributed by atoms with Crippen molar-refractivity contribution < 1.29 is 0 Å². The predicted octanol–water partition coefficient (Wildman–Crippen LogP) is 9.76. The quantitative estimate of drug-likeness (QED) is 0.229. The summed E-state index contributed by atoms with van der Waals surface area (Å²) in [6.07, 6.45) is 0. The Morgan fingerprint density at radius 2 is 0.897 bits per heavy atom. The lowest BCUT2D eigenvalue weighted by atomic mass is 10.0. The smallest absolute Gasteiger partial charge is 0.0541 e. The number of fused-ring (bicyclic) bond motifs is 6. The molecule has 0 aliphatic carbocycles. The zero-order valence-electron chi connectivity index (χ0n) is 21.7. The van der Waals surface area contributed by atoms with Crippen LogP contribution in [0.4, 0.5) is 0 Å². The van der Waals surface area contributed by atoms with Crippen LogP contribution in [-0.4, -0.2) is 9.13 Å². The lowest BCUT2D eigenvalue weighted by molar-refractivity contribution is 1.01. The molecule has 0 bridgehead atoms. The highest BCUT2D eigenvalue weighted by atomic mass is 15.0. The highest BCUT2D eigenvalue weighted by Crippen LogP contribution is 2.37. The second-order valence-electron chi connectivity index (χ2n) is 10.3. The van der Waals surface area contributed by atoms with Gasteiger partial charge in [-0.05, 0) is 64.7 Å². The van der Waals surface area contributed by atoms with Crippen LogP contribution in [0.5, 0.6) is 0 Å². The molecular weight excluding hydrogens is 472 g/mol. The van der Waals surface area contributed by atoms with E-state index in [0.717, 1.165) is 0 Å². The van der Waals surface area contributed by atoms with Crippen LogP contribution in [0.15, 0.2) is 140 Å². The van der Waals surface area contributed by atoms with Gasteiger partial charge in [0.15, 0.2) is 0 Å². The molecule has 2 heteroatoms. The van der Waals surface area contributed by atoms with Crippen LogP contribution >= 0.6 is 0 Å². The van der Waals surface area contributed by atoms with Crippen molar-refractivity contribution >= 4 is 43.6 Å². The summed E-state index contributed by atoms with van der Waals surface area (Å²) in [7, 11) is 2.16. The predicted molar refractivity (Wildman–Crippen MR) is 166 cm³/mol. The van der Waals surface area contributed by atoms with Gasteiger partial charge in [-0.25, -0.2) is 0 Å². The summed E-state index contributed by atoms with van der Waals surface area (Å²) in [6, 6.07) is 50.6. The first-order valence-corrected chi connectivity index (χ1v) is 13.4. The number of para-hydroxylation sites is 2. The van der Waals surface area contributed by atoms with Gasteiger partial charge in [0.1, 0.15) is 0 Å². The van der Waals surface area contributed by atoms with Crippen LogP contribution in [0.1, 0.15) is 0 Å². The van der Waals surface area contributed by atoms with Gasteiger partial charge in [0.2, 0.25) is 0 Å². The lowest BCUT2D eigenvalue weighted by Gasteiger charge is -2.10. The molecule has 6 aromatic carbocycles. The number of hydrogen-bond donors (Lipinski definition) is 0. The molecule has 0 atom stereocenters. The molecule has 0 unspecified atom stereocenters. The molecule has 0 N–H and O–H groups in total. The average molecular weight is 499 g/mol. The Bertz CT molecular complexity index is 2160. The number of nitrogens with zero attached hydrogens (tertiary/aromatic N) is 2. The van der Waals surface area contributed by atoms with Gasteiger partial charge in [0, 0.05) is 45.3 Å². The Morgan fingerprint density at radius 1 is 0.359 bits per heavy atom.